The zero-order chi connectivity index (χ0) is 10.8. The molecule has 0 radical (unpaired) electrons. The van der Waals surface area contributed by atoms with Gasteiger partial charge in [0.25, 0.3) is 0 Å². The number of nitrogens with two attached hydrogens (primary N) is 1. The van der Waals surface area contributed by atoms with Crippen molar-refractivity contribution in [2.75, 3.05) is 18.0 Å². The summed E-state index contributed by atoms with van der Waals surface area (Å²) in [7, 11) is 0. The van der Waals surface area contributed by atoms with Crippen molar-refractivity contribution in [2.24, 2.45) is 5.73 Å². The van der Waals surface area contributed by atoms with Crippen molar-refractivity contribution in [3.05, 3.63) is 29.6 Å². The third-order valence-electron chi connectivity index (χ3n) is 2.93. The van der Waals surface area contributed by atoms with Gasteiger partial charge in [0.05, 0.1) is 0 Å². The highest BCUT2D eigenvalue weighted by Gasteiger charge is 2.19. The number of hydrogen-bond acceptors (Lipinski definition) is 2. The fourth-order valence-corrected chi connectivity index (χ4v) is 2.21. The number of anilines is 1. The Morgan fingerprint density at radius 1 is 1.33 bits per heavy atom. The molecule has 1 aliphatic heterocycles. The molecule has 3 heteroatoms. The number of hydrogen-bond donors (Lipinski definition) is 1. The van der Waals surface area contributed by atoms with Crippen LogP contribution < -0.4 is 10.6 Å². The summed E-state index contributed by atoms with van der Waals surface area (Å²) in [6.45, 7) is 3.87. The minimum absolute atomic E-state index is 0.186. The van der Waals surface area contributed by atoms with Gasteiger partial charge < -0.3 is 10.6 Å². The molecule has 1 aromatic carbocycles. The zero-order valence-corrected chi connectivity index (χ0v) is 9.04. The summed E-state index contributed by atoms with van der Waals surface area (Å²) in [5, 5.41) is 0. The van der Waals surface area contributed by atoms with E-state index in [4.69, 9.17) is 5.73 Å². The second kappa shape index (κ2) is 4.19. The Hall–Kier alpha value is -1.09. The monoisotopic (exact) mass is 208 g/mol. The molecule has 1 unspecified atom stereocenters. The maximum atomic E-state index is 13.6. The maximum absolute atomic E-state index is 13.6. The van der Waals surface area contributed by atoms with Gasteiger partial charge in [0.1, 0.15) is 5.82 Å². The van der Waals surface area contributed by atoms with Crippen molar-refractivity contribution in [3.63, 3.8) is 0 Å². The van der Waals surface area contributed by atoms with Crippen LogP contribution in [0.4, 0.5) is 10.1 Å². The van der Waals surface area contributed by atoms with Gasteiger partial charge in [-0.3, -0.25) is 0 Å². The van der Waals surface area contributed by atoms with Crippen molar-refractivity contribution in [2.45, 2.75) is 25.8 Å². The fraction of sp³-hybridized carbons (Fsp3) is 0.500. The molecule has 1 aliphatic rings. The molecule has 0 saturated carbocycles. The molecule has 0 spiro atoms. The Morgan fingerprint density at radius 2 is 2.00 bits per heavy atom. The Labute approximate surface area is 89.9 Å². The minimum atomic E-state index is -0.248. The van der Waals surface area contributed by atoms with Crippen LogP contribution in [0.2, 0.25) is 0 Å². The highest BCUT2D eigenvalue weighted by Crippen LogP contribution is 2.29. The van der Waals surface area contributed by atoms with Crippen LogP contribution in [-0.2, 0) is 0 Å². The summed E-state index contributed by atoms with van der Waals surface area (Å²) in [6.07, 6.45) is 2.38. The smallest absolute Gasteiger partial charge is 0.130 e. The summed E-state index contributed by atoms with van der Waals surface area (Å²) in [4.78, 5) is 2.22. The van der Waals surface area contributed by atoms with E-state index in [0.717, 1.165) is 18.8 Å². The Morgan fingerprint density at radius 3 is 2.60 bits per heavy atom. The van der Waals surface area contributed by atoms with Gasteiger partial charge in [0, 0.05) is 30.4 Å². The van der Waals surface area contributed by atoms with E-state index in [1.807, 2.05) is 13.0 Å². The summed E-state index contributed by atoms with van der Waals surface area (Å²) in [5.74, 6) is -0.186. The Bertz CT molecular complexity index is 343. The van der Waals surface area contributed by atoms with Gasteiger partial charge in [-0.1, -0.05) is 6.07 Å². The maximum Gasteiger partial charge on any atom is 0.130 e. The van der Waals surface area contributed by atoms with E-state index >= 15 is 0 Å². The molecule has 0 aromatic heterocycles. The van der Waals surface area contributed by atoms with Crippen molar-refractivity contribution >= 4 is 5.69 Å². The number of halogens is 1. The van der Waals surface area contributed by atoms with E-state index in [2.05, 4.69) is 4.90 Å². The SMILES string of the molecule is CC(N)c1c(F)cccc1N1CCCC1. The van der Waals surface area contributed by atoms with Gasteiger partial charge in [-0.2, -0.15) is 0 Å². The average Bonchev–Trinajstić information content (AvgIpc) is 2.69. The van der Waals surface area contributed by atoms with Crippen LogP contribution in [0.25, 0.3) is 0 Å². The second-order valence-electron chi connectivity index (χ2n) is 4.16. The van der Waals surface area contributed by atoms with Gasteiger partial charge in [-0.15, -0.1) is 0 Å². The van der Waals surface area contributed by atoms with E-state index < -0.39 is 0 Å². The van der Waals surface area contributed by atoms with Gasteiger partial charge in [-0.05, 0) is 31.9 Å². The molecule has 0 amide bonds. The van der Waals surface area contributed by atoms with E-state index in [1.54, 1.807) is 6.07 Å². The van der Waals surface area contributed by atoms with E-state index in [9.17, 15) is 4.39 Å². The molecule has 15 heavy (non-hydrogen) atoms. The third kappa shape index (κ3) is 1.97. The largest absolute Gasteiger partial charge is 0.371 e. The number of benzene rings is 1. The highest BCUT2D eigenvalue weighted by molar-refractivity contribution is 5.56. The summed E-state index contributed by atoms with van der Waals surface area (Å²) in [6, 6.07) is 4.96. The summed E-state index contributed by atoms with van der Waals surface area (Å²) < 4.78 is 13.6. The predicted octanol–water partition coefficient (Wildman–Crippen LogP) is 2.45. The van der Waals surface area contributed by atoms with Crippen LogP contribution in [0, 0.1) is 5.82 Å². The van der Waals surface area contributed by atoms with E-state index in [1.165, 1.54) is 18.9 Å². The molecule has 1 atom stereocenters. The first-order valence-corrected chi connectivity index (χ1v) is 5.49. The lowest BCUT2D eigenvalue weighted by Crippen LogP contribution is -2.22. The number of nitrogens with zero attached hydrogens (tertiary/aromatic N) is 1. The lowest BCUT2D eigenvalue weighted by atomic mass is 10.1. The molecule has 1 fully saturated rings. The molecule has 1 heterocycles. The molecule has 2 rings (SSSR count). The van der Waals surface area contributed by atoms with E-state index in [-0.39, 0.29) is 11.9 Å². The average molecular weight is 208 g/mol. The number of rotatable bonds is 2. The quantitative estimate of drug-likeness (QED) is 0.808. The molecule has 0 aliphatic carbocycles. The second-order valence-corrected chi connectivity index (χ2v) is 4.16. The molecular weight excluding hydrogens is 191 g/mol. The Kier molecular flexibility index (Phi) is 2.91. The molecule has 1 aromatic rings. The minimum Gasteiger partial charge on any atom is -0.371 e. The van der Waals surface area contributed by atoms with Crippen LogP contribution in [0.5, 0.6) is 0 Å². The summed E-state index contributed by atoms with van der Waals surface area (Å²) >= 11 is 0. The molecular formula is C12H17FN2. The lowest BCUT2D eigenvalue weighted by Gasteiger charge is -2.23. The van der Waals surface area contributed by atoms with Crippen LogP contribution >= 0.6 is 0 Å². The first-order chi connectivity index (χ1) is 7.20. The van der Waals surface area contributed by atoms with Crippen molar-refractivity contribution < 1.29 is 4.39 Å². The van der Waals surface area contributed by atoms with Crippen LogP contribution in [0.15, 0.2) is 18.2 Å². The topological polar surface area (TPSA) is 29.3 Å². The Balaban J connectivity index is 2.40. The van der Waals surface area contributed by atoms with E-state index in [0.29, 0.717) is 5.56 Å². The van der Waals surface area contributed by atoms with Crippen LogP contribution in [0.3, 0.4) is 0 Å². The summed E-state index contributed by atoms with van der Waals surface area (Å²) in [5.41, 5.74) is 7.44. The van der Waals surface area contributed by atoms with Gasteiger partial charge in [0.15, 0.2) is 0 Å². The molecule has 2 N–H and O–H groups in total. The van der Waals surface area contributed by atoms with Crippen molar-refractivity contribution in [1.82, 2.24) is 0 Å². The molecule has 1 saturated heterocycles. The standard InChI is InChI=1S/C12H17FN2/c1-9(14)12-10(13)5-4-6-11(12)15-7-2-3-8-15/h4-6,9H,2-3,7-8,14H2,1H3. The third-order valence-corrected chi connectivity index (χ3v) is 2.93. The highest BCUT2D eigenvalue weighted by atomic mass is 19.1. The van der Waals surface area contributed by atoms with Gasteiger partial charge >= 0.3 is 0 Å². The predicted molar refractivity (Wildman–Crippen MR) is 60.4 cm³/mol. The van der Waals surface area contributed by atoms with Gasteiger partial charge in [-0.25, -0.2) is 4.39 Å². The van der Waals surface area contributed by atoms with Crippen molar-refractivity contribution in [1.29, 1.82) is 0 Å². The first-order valence-electron chi connectivity index (χ1n) is 5.49. The van der Waals surface area contributed by atoms with Crippen LogP contribution in [-0.4, -0.2) is 13.1 Å². The molecule has 0 bridgehead atoms. The van der Waals surface area contributed by atoms with Crippen molar-refractivity contribution in [3.8, 4) is 0 Å². The fourth-order valence-electron chi connectivity index (χ4n) is 2.21. The van der Waals surface area contributed by atoms with Gasteiger partial charge in [0.2, 0.25) is 0 Å². The normalized spacial score (nSPS) is 18.2. The molecule has 2 nitrogen and oxygen atoms in total. The lowest BCUT2D eigenvalue weighted by molar-refractivity contribution is 0.592. The zero-order valence-electron chi connectivity index (χ0n) is 9.04. The first kappa shape index (κ1) is 10.4. The molecule has 82 valence electrons. The van der Waals surface area contributed by atoms with Crippen LogP contribution in [0.1, 0.15) is 31.4 Å².